The zero-order valence-electron chi connectivity index (χ0n) is 9.33. The lowest BCUT2D eigenvalue weighted by Gasteiger charge is -2.14. The third kappa shape index (κ3) is 2.13. The molecule has 1 heterocycles. The number of nitrogens with one attached hydrogen (secondary N) is 1. The SMILES string of the molecule is CNC(CO)Cn1nc(C)c(C)c1C. The molecule has 2 N–H and O–H groups in total. The first kappa shape index (κ1) is 11.2. The van der Waals surface area contributed by atoms with Gasteiger partial charge in [-0.05, 0) is 33.4 Å². The molecule has 1 aromatic heterocycles. The summed E-state index contributed by atoms with van der Waals surface area (Å²) in [5.41, 5.74) is 3.48. The minimum atomic E-state index is 0.0763. The lowest BCUT2D eigenvalue weighted by atomic mass is 10.2. The summed E-state index contributed by atoms with van der Waals surface area (Å²) in [4.78, 5) is 0. The molecule has 1 atom stereocenters. The van der Waals surface area contributed by atoms with Crippen LogP contribution in [0.3, 0.4) is 0 Å². The predicted molar refractivity (Wildman–Crippen MR) is 56.4 cm³/mol. The minimum Gasteiger partial charge on any atom is -0.395 e. The van der Waals surface area contributed by atoms with E-state index in [1.165, 1.54) is 11.3 Å². The quantitative estimate of drug-likeness (QED) is 0.734. The standard InChI is InChI=1S/C10H19N3O/c1-7-8(2)12-13(9(7)3)5-10(6-14)11-4/h10-11,14H,5-6H2,1-4H3. The highest BCUT2D eigenvalue weighted by Crippen LogP contribution is 2.11. The fourth-order valence-electron chi connectivity index (χ4n) is 1.41. The maximum absolute atomic E-state index is 9.05. The Morgan fingerprint density at radius 2 is 2.07 bits per heavy atom. The van der Waals surface area contributed by atoms with E-state index in [1.807, 2.05) is 18.7 Å². The molecule has 0 radical (unpaired) electrons. The zero-order valence-corrected chi connectivity index (χ0v) is 9.33. The van der Waals surface area contributed by atoms with E-state index < -0.39 is 0 Å². The minimum absolute atomic E-state index is 0.0763. The Morgan fingerprint density at radius 1 is 1.43 bits per heavy atom. The van der Waals surface area contributed by atoms with Crippen molar-refractivity contribution in [3.63, 3.8) is 0 Å². The monoisotopic (exact) mass is 197 g/mol. The summed E-state index contributed by atoms with van der Waals surface area (Å²) < 4.78 is 1.95. The predicted octanol–water partition coefficient (Wildman–Crippen LogP) is 0.389. The highest BCUT2D eigenvalue weighted by atomic mass is 16.3. The molecular weight excluding hydrogens is 178 g/mol. The van der Waals surface area contributed by atoms with E-state index in [-0.39, 0.29) is 12.6 Å². The van der Waals surface area contributed by atoms with Gasteiger partial charge < -0.3 is 10.4 Å². The summed E-state index contributed by atoms with van der Waals surface area (Å²) in [5.74, 6) is 0. The third-order valence-electron chi connectivity index (χ3n) is 2.77. The van der Waals surface area contributed by atoms with Crippen LogP contribution < -0.4 is 5.32 Å². The van der Waals surface area contributed by atoms with Crippen LogP contribution in [0.15, 0.2) is 0 Å². The average Bonchev–Trinajstić information content (AvgIpc) is 2.42. The zero-order chi connectivity index (χ0) is 10.7. The first-order valence-corrected chi connectivity index (χ1v) is 4.88. The molecule has 4 heteroatoms. The average molecular weight is 197 g/mol. The second-order valence-corrected chi connectivity index (χ2v) is 3.65. The van der Waals surface area contributed by atoms with Gasteiger partial charge in [-0.25, -0.2) is 0 Å². The molecule has 0 amide bonds. The molecule has 4 nitrogen and oxygen atoms in total. The Hall–Kier alpha value is -0.870. The van der Waals surface area contributed by atoms with Crippen LogP contribution in [0.5, 0.6) is 0 Å². The molecule has 0 aromatic carbocycles. The lowest BCUT2D eigenvalue weighted by Crippen LogP contribution is -2.34. The smallest absolute Gasteiger partial charge is 0.0625 e. The van der Waals surface area contributed by atoms with E-state index in [0.29, 0.717) is 6.54 Å². The second kappa shape index (κ2) is 4.57. The number of nitrogens with zero attached hydrogens (tertiary/aromatic N) is 2. The van der Waals surface area contributed by atoms with Gasteiger partial charge in [0.05, 0.1) is 18.8 Å². The van der Waals surface area contributed by atoms with E-state index in [1.54, 1.807) is 0 Å². The van der Waals surface area contributed by atoms with Crippen molar-refractivity contribution in [1.29, 1.82) is 0 Å². The Kier molecular flexibility index (Phi) is 3.66. The number of likely N-dealkylation sites (N-methyl/N-ethyl adjacent to an activating group) is 1. The van der Waals surface area contributed by atoms with Crippen molar-refractivity contribution < 1.29 is 5.11 Å². The molecule has 1 aromatic rings. The van der Waals surface area contributed by atoms with Crippen molar-refractivity contribution in [3.8, 4) is 0 Å². The number of aliphatic hydroxyl groups is 1. The topological polar surface area (TPSA) is 50.1 Å². The molecule has 0 saturated carbocycles. The summed E-state index contributed by atoms with van der Waals surface area (Å²) in [6, 6.07) is 0.0763. The Morgan fingerprint density at radius 3 is 2.43 bits per heavy atom. The summed E-state index contributed by atoms with van der Waals surface area (Å²) in [6.45, 7) is 6.98. The van der Waals surface area contributed by atoms with Gasteiger partial charge >= 0.3 is 0 Å². The van der Waals surface area contributed by atoms with Crippen molar-refractivity contribution in [1.82, 2.24) is 15.1 Å². The maximum atomic E-state index is 9.05. The summed E-state index contributed by atoms with van der Waals surface area (Å²) in [7, 11) is 1.85. The van der Waals surface area contributed by atoms with Gasteiger partial charge in [-0.15, -0.1) is 0 Å². The molecule has 14 heavy (non-hydrogen) atoms. The van der Waals surface area contributed by atoms with E-state index in [4.69, 9.17) is 5.11 Å². The summed E-state index contributed by atoms with van der Waals surface area (Å²) >= 11 is 0. The van der Waals surface area contributed by atoms with Crippen molar-refractivity contribution in [3.05, 3.63) is 17.0 Å². The Bertz CT molecular complexity index is 303. The summed E-state index contributed by atoms with van der Waals surface area (Å²) in [5, 5.41) is 16.5. The third-order valence-corrected chi connectivity index (χ3v) is 2.77. The molecule has 0 saturated heterocycles. The van der Waals surface area contributed by atoms with Crippen molar-refractivity contribution in [2.45, 2.75) is 33.4 Å². The van der Waals surface area contributed by atoms with Crippen LogP contribution in [0.25, 0.3) is 0 Å². The molecule has 0 aliphatic carbocycles. The fraction of sp³-hybridized carbons (Fsp3) is 0.700. The van der Waals surface area contributed by atoms with E-state index in [0.717, 1.165) is 5.69 Å². The molecule has 1 rings (SSSR count). The van der Waals surface area contributed by atoms with Crippen molar-refractivity contribution in [2.75, 3.05) is 13.7 Å². The van der Waals surface area contributed by atoms with Gasteiger partial charge in [-0.3, -0.25) is 4.68 Å². The Labute approximate surface area is 84.9 Å². The normalized spacial score (nSPS) is 13.2. The number of aliphatic hydroxyl groups excluding tert-OH is 1. The van der Waals surface area contributed by atoms with Gasteiger partial charge in [0.25, 0.3) is 0 Å². The van der Waals surface area contributed by atoms with E-state index >= 15 is 0 Å². The highest BCUT2D eigenvalue weighted by molar-refractivity contribution is 5.22. The highest BCUT2D eigenvalue weighted by Gasteiger charge is 2.11. The number of hydrogen-bond donors (Lipinski definition) is 2. The van der Waals surface area contributed by atoms with E-state index in [9.17, 15) is 0 Å². The number of hydrogen-bond acceptors (Lipinski definition) is 3. The van der Waals surface area contributed by atoms with Crippen molar-refractivity contribution in [2.24, 2.45) is 0 Å². The van der Waals surface area contributed by atoms with Crippen LogP contribution in [0, 0.1) is 20.8 Å². The molecular formula is C10H19N3O. The number of aromatic nitrogens is 2. The molecule has 1 unspecified atom stereocenters. The maximum Gasteiger partial charge on any atom is 0.0625 e. The lowest BCUT2D eigenvalue weighted by molar-refractivity contribution is 0.231. The van der Waals surface area contributed by atoms with Gasteiger partial charge in [-0.1, -0.05) is 0 Å². The number of rotatable bonds is 4. The summed E-state index contributed by atoms with van der Waals surface area (Å²) in [6.07, 6.45) is 0. The molecule has 0 spiro atoms. The van der Waals surface area contributed by atoms with Gasteiger partial charge in [0.15, 0.2) is 0 Å². The molecule has 0 aliphatic heterocycles. The molecule has 0 fully saturated rings. The van der Waals surface area contributed by atoms with Crippen LogP contribution in [0.1, 0.15) is 17.0 Å². The van der Waals surface area contributed by atoms with Crippen LogP contribution in [0.4, 0.5) is 0 Å². The fourth-order valence-corrected chi connectivity index (χ4v) is 1.41. The molecule has 80 valence electrons. The van der Waals surface area contributed by atoms with Crippen LogP contribution >= 0.6 is 0 Å². The first-order chi connectivity index (χ1) is 6.60. The van der Waals surface area contributed by atoms with Gasteiger partial charge in [0.2, 0.25) is 0 Å². The first-order valence-electron chi connectivity index (χ1n) is 4.88. The van der Waals surface area contributed by atoms with Crippen molar-refractivity contribution >= 4 is 0 Å². The van der Waals surface area contributed by atoms with Crippen LogP contribution in [-0.4, -0.2) is 34.6 Å². The largest absolute Gasteiger partial charge is 0.395 e. The van der Waals surface area contributed by atoms with Crippen LogP contribution in [0.2, 0.25) is 0 Å². The second-order valence-electron chi connectivity index (χ2n) is 3.65. The van der Waals surface area contributed by atoms with Gasteiger partial charge in [-0.2, -0.15) is 5.10 Å². The number of aryl methyl sites for hydroxylation is 1. The molecule has 0 bridgehead atoms. The Balaban J connectivity index is 2.81. The van der Waals surface area contributed by atoms with Gasteiger partial charge in [0, 0.05) is 11.7 Å². The van der Waals surface area contributed by atoms with E-state index in [2.05, 4.69) is 24.3 Å². The molecule has 0 aliphatic rings. The van der Waals surface area contributed by atoms with Crippen LogP contribution in [-0.2, 0) is 6.54 Å². The van der Waals surface area contributed by atoms with Gasteiger partial charge in [0.1, 0.15) is 0 Å².